The van der Waals surface area contributed by atoms with Crippen molar-refractivity contribution < 1.29 is 0 Å². The van der Waals surface area contributed by atoms with E-state index in [-0.39, 0.29) is 0 Å². The molecule has 0 heterocycles. The van der Waals surface area contributed by atoms with E-state index < -0.39 is 0 Å². The van der Waals surface area contributed by atoms with Crippen LogP contribution in [0.2, 0.25) is 0 Å². The predicted octanol–water partition coefficient (Wildman–Crippen LogP) is 3.87. The molecule has 0 amide bonds. The van der Waals surface area contributed by atoms with E-state index >= 15 is 0 Å². The highest BCUT2D eigenvalue weighted by Gasteiger charge is 1.86. The lowest BCUT2D eigenvalue weighted by atomic mass is 10.1. The lowest BCUT2D eigenvalue weighted by molar-refractivity contribution is 0.997. The molecule has 0 N–H and O–H groups in total. The summed E-state index contributed by atoms with van der Waals surface area (Å²) in [6.45, 7) is 8.15. The molecule has 70 valence electrons. The fraction of sp³-hybridized carbons (Fsp3) is 0.385. The van der Waals surface area contributed by atoms with Gasteiger partial charge in [-0.1, -0.05) is 36.0 Å². The van der Waals surface area contributed by atoms with Crippen molar-refractivity contribution in [2.45, 2.75) is 33.1 Å². The van der Waals surface area contributed by atoms with Crippen molar-refractivity contribution in [1.82, 2.24) is 0 Å². The Hall–Kier alpha value is -1.22. The fourth-order valence-corrected chi connectivity index (χ4v) is 0.923. The normalized spacial score (nSPS) is 9.62. The van der Waals surface area contributed by atoms with Crippen LogP contribution in [0, 0.1) is 12.3 Å². The summed E-state index contributed by atoms with van der Waals surface area (Å²) in [5, 5.41) is 0. The SMILES string of the molecule is C#CCC=CC(=C)CCC=C(C)C. The Labute approximate surface area is 82.0 Å². The Balaban J connectivity index is 3.65. The number of terminal acetylenes is 1. The van der Waals surface area contributed by atoms with Crippen LogP contribution in [-0.4, -0.2) is 0 Å². The summed E-state index contributed by atoms with van der Waals surface area (Å²) in [4.78, 5) is 0. The molecular weight excluding hydrogens is 156 g/mol. The van der Waals surface area contributed by atoms with E-state index in [0.717, 1.165) is 18.4 Å². The van der Waals surface area contributed by atoms with Crippen LogP contribution in [0.3, 0.4) is 0 Å². The molecule has 0 rings (SSSR count). The first-order chi connectivity index (χ1) is 6.16. The van der Waals surface area contributed by atoms with Gasteiger partial charge in [-0.3, -0.25) is 0 Å². The molecule has 0 saturated carbocycles. The zero-order valence-corrected chi connectivity index (χ0v) is 8.64. The van der Waals surface area contributed by atoms with Crippen molar-refractivity contribution >= 4 is 0 Å². The third-order valence-electron chi connectivity index (χ3n) is 1.61. The van der Waals surface area contributed by atoms with Crippen LogP contribution in [0.5, 0.6) is 0 Å². The standard InChI is InChI=1S/C13H18/c1-5-6-7-10-13(4)11-8-9-12(2)3/h1,7,9-10H,4,6,8,11H2,2-3H3. The number of hydrogen-bond acceptors (Lipinski definition) is 0. The van der Waals surface area contributed by atoms with E-state index in [0.29, 0.717) is 6.42 Å². The Morgan fingerprint density at radius 1 is 1.46 bits per heavy atom. The van der Waals surface area contributed by atoms with Gasteiger partial charge in [0, 0.05) is 6.42 Å². The summed E-state index contributed by atoms with van der Waals surface area (Å²) >= 11 is 0. The van der Waals surface area contributed by atoms with Crippen LogP contribution in [0.4, 0.5) is 0 Å². The van der Waals surface area contributed by atoms with E-state index in [1.54, 1.807) is 0 Å². The summed E-state index contributed by atoms with van der Waals surface area (Å²) in [7, 11) is 0. The van der Waals surface area contributed by atoms with Gasteiger partial charge in [-0.05, 0) is 26.7 Å². The van der Waals surface area contributed by atoms with E-state index in [1.165, 1.54) is 5.57 Å². The first-order valence-electron chi connectivity index (χ1n) is 4.58. The molecule has 0 nitrogen and oxygen atoms in total. The van der Waals surface area contributed by atoms with Crippen LogP contribution in [0.1, 0.15) is 33.1 Å². The molecule has 0 saturated heterocycles. The van der Waals surface area contributed by atoms with Crippen molar-refractivity contribution in [2.24, 2.45) is 0 Å². The summed E-state index contributed by atoms with van der Waals surface area (Å²) in [6.07, 6.45) is 14.1. The quantitative estimate of drug-likeness (QED) is 0.337. The number of allylic oxidation sites excluding steroid dienone is 5. The summed E-state index contributed by atoms with van der Waals surface area (Å²) in [5.41, 5.74) is 2.51. The molecule has 0 spiro atoms. The van der Waals surface area contributed by atoms with E-state index in [9.17, 15) is 0 Å². The lowest BCUT2D eigenvalue weighted by Crippen LogP contribution is -1.76. The zero-order valence-electron chi connectivity index (χ0n) is 8.64. The molecule has 0 radical (unpaired) electrons. The number of rotatable bonds is 5. The second-order valence-electron chi connectivity index (χ2n) is 3.29. The highest BCUT2D eigenvalue weighted by molar-refractivity contribution is 5.16. The van der Waals surface area contributed by atoms with Gasteiger partial charge in [-0.15, -0.1) is 12.3 Å². The van der Waals surface area contributed by atoms with E-state index in [1.807, 2.05) is 12.2 Å². The monoisotopic (exact) mass is 174 g/mol. The maximum atomic E-state index is 5.11. The average molecular weight is 174 g/mol. The molecule has 13 heavy (non-hydrogen) atoms. The summed E-state index contributed by atoms with van der Waals surface area (Å²) < 4.78 is 0. The first-order valence-corrected chi connectivity index (χ1v) is 4.58. The van der Waals surface area contributed by atoms with Gasteiger partial charge in [0.2, 0.25) is 0 Å². The molecule has 0 bridgehead atoms. The lowest BCUT2D eigenvalue weighted by Gasteiger charge is -1.96. The van der Waals surface area contributed by atoms with Gasteiger partial charge in [0.05, 0.1) is 0 Å². The minimum atomic E-state index is 0.696. The molecule has 0 aliphatic rings. The van der Waals surface area contributed by atoms with Crippen molar-refractivity contribution in [2.75, 3.05) is 0 Å². The Morgan fingerprint density at radius 3 is 2.69 bits per heavy atom. The largest absolute Gasteiger partial charge is 0.120 e. The van der Waals surface area contributed by atoms with Gasteiger partial charge in [0.25, 0.3) is 0 Å². The molecule has 0 aromatic carbocycles. The van der Waals surface area contributed by atoms with Crippen molar-refractivity contribution in [3.05, 3.63) is 36.0 Å². The smallest absolute Gasteiger partial charge is 0.0270 e. The van der Waals surface area contributed by atoms with Crippen molar-refractivity contribution in [1.29, 1.82) is 0 Å². The minimum Gasteiger partial charge on any atom is -0.120 e. The van der Waals surface area contributed by atoms with Crippen molar-refractivity contribution in [3.8, 4) is 12.3 Å². The Bertz CT molecular complexity index is 242. The molecule has 0 aliphatic heterocycles. The fourth-order valence-electron chi connectivity index (χ4n) is 0.923. The van der Waals surface area contributed by atoms with Crippen LogP contribution in [0.15, 0.2) is 36.0 Å². The van der Waals surface area contributed by atoms with Gasteiger partial charge >= 0.3 is 0 Å². The zero-order chi connectivity index (χ0) is 10.1. The van der Waals surface area contributed by atoms with E-state index in [2.05, 4.69) is 32.4 Å². The second-order valence-corrected chi connectivity index (χ2v) is 3.29. The van der Waals surface area contributed by atoms with Crippen LogP contribution < -0.4 is 0 Å². The average Bonchev–Trinajstić information content (AvgIpc) is 2.04. The summed E-state index contributed by atoms with van der Waals surface area (Å²) in [5.74, 6) is 2.56. The molecular formula is C13H18. The van der Waals surface area contributed by atoms with Crippen LogP contribution in [-0.2, 0) is 0 Å². The molecule has 0 aromatic rings. The molecule has 0 heteroatoms. The minimum absolute atomic E-state index is 0.696. The first kappa shape index (κ1) is 11.8. The Morgan fingerprint density at radius 2 is 2.15 bits per heavy atom. The predicted molar refractivity (Wildman–Crippen MR) is 60.4 cm³/mol. The highest BCUT2D eigenvalue weighted by atomic mass is 13.9. The van der Waals surface area contributed by atoms with Crippen molar-refractivity contribution in [3.63, 3.8) is 0 Å². The van der Waals surface area contributed by atoms with Gasteiger partial charge in [-0.2, -0.15) is 0 Å². The topological polar surface area (TPSA) is 0 Å². The third kappa shape index (κ3) is 8.69. The third-order valence-corrected chi connectivity index (χ3v) is 1.61. The molecule has 0 fully saturated rings. The summed E-state index contributed by atoms with van der Waals surface area (Å²) in [6, 6.07) is 0. The van der Waals surface area contributed by atoms with Gasteiger partial charge < -0.3 is 0 Å². The van der Waals surface area contributed by atoms with Crippen LogP contribution >= 0.6 is 0 Å². The number of hydrogen-bond donors (Lipinski definition) is 0. The van der Waals surface area contributed by atoms with E-state index in [4.69, 9.17) is 6.42 Å². The van der Waals surface area contributed by atoms with Gasteiger partial charge in [0.15, 0.2) is 0 Å². The Kier molecular flexibility index (Phi) is 6.73. The molecule has 0 atom stereocenters. The molecule has 0 aromatic heterocycles. The van der Waals surface area contributed by atoms with Gasteiger partial charge in [-0.25, -0.2) is 0 Å². The van der Waals surface area contributed by atoms with Gasteiger partial charge in [0.1, 0.15) is 0 Å². The second kappa shape index (κ2) is 7.43. The molecule has 0 aliphatic carbocycles. The van der Waals surface area contributed by atoms with Crippen LogP contribution in [0.25, 0.3) is 0 Å². The highest BCUT2D eigenvalue weighted by Crippen LogP contribution is 2.06. The maximum Gasteiger partial charge on any atom is 0.0270 e. The maximum absolute atomic E-state index is 5.11. The molecule has 0 unspecified atom stereocenters.